The van der Waals surface area contributed by atoms with Gasteiger partial charge in [0.25, 0.3) is 0 Å². The van der Waals surface area contributed by atoms with Crippen molar-refractivity contribution in [1.29, 1.82) is 0 Å². The van der Waals surface area contributed by atoms with Crippen LogP contribution < -0.4 is 10.6 Å². The number of benzene rings is 2. The summed E-state index contributed by atoms with van der Waals surface area (Å²) in [5.74, 6) is -0.877. The number of carboxylic acids is 1. The molecule has 0 fully saturated rings. The highest BCUT2D eigenvalue weighted by Crippen LogP contribution is 2.18. The Labute approximate surface area is 129 Å². The number of nitrogens with one attached hydrogen (secondary N) is 2. The molecule has 0 spiro atoms. The van der Waals surface area contributed by atoms with E-state index < -0.39 is 5.97 Å². The predicted molar refractivity (Wildman–Crippen MR) is 86.3 cm³/mol. The van der Waals surface area contributed by atoms with Crippen LogP contribution in [0.3, 0.4) is 0 Å². The van der Waals surface area contributed by atoms with Crippen molar-refractivity contribution in [1.82, 2.24) is 0 Å². The Morgan fingerprint density at radius 2 is 1.59 bits per heavy atom. The van der Waals surface area contributed by atoms with Crippen LogP contribution in [0, 0.1) is 13.8 Å². The number of carboxylic acid groups (broad SMARTS) is 1. The third-order valence-corrected chi connectivity index (χ3v) is 3.29. The molecule has 5 nitrogen and oxygen atoms in total. The van der Waals surface area contributed by atoms with Crippen LogP contribution in [0.1, 0.15) is 16.7 Å². The number of urea groups is 1. The average molecular weight is 298 g/mol. The van der Waals surface area contributed by atoms with E-state index in [1.165, 1.54) is 0 Å². The lowest BCUT2D eigenvalue weighted by molar-refractivity contribution is -0.136. The number of hydrogen-bond acceptors (Lipinski definition) is 2. The molecule has 5 heteroatoms. The SMILES string of the molecule is Cc1ccccc1NC(=O)Nc1ccc(CC(=O)O)cc1C. The highest BCUT2D eigenvalue weighted by atomic mass is 16.4. The summed E-state index contributed by atoms with van der Waals surface area (Å²) in [4.78, 5) is 22.7. The van der Waals surface area contributed by atoms with Crippen molar-refractivity contribution in [3.05, 3.63) is 59.2 Å². The largest absolute Gasteiger partial charge is 0.481 e. The van der Waals surface area contributed by atoms with Gasteiger partial charge in [-0.05, 0) is 42.7 Å². The summed E-state index contributed by atoms with van der Waals surface area (Å²) >= 11 is 0. The summed E-state index contributed by atoms with van der Waals surface area (Å²) in [7, 11) is 0. The first-order valence-corrected chi connectivity index (χ1v) is 6.90. The van der Waals surface area contributed by atoms with E-state index in [2.05, 4.69) is 10.6 Å². The minimum absolute atomic E-state index is 0.0312. The molecule has 0 aliphatic heterocycles. The first-order chi connectivity index (χ1) is 10.5. The third-order valence-electron chi connectivity index (χ3n) is 3.29. The quantitative estimate of drug-likeness (QED) is 0.807. The zero-order chi connectivity index (χ0) is 16.1. The highest BCUT2D eigenvalue weighted by molar-refractivity contribution is 6.00. The Kier molecular flexibility index (Phi) is 4.78. The summed E-state index contributed by atoms with van der Waals surface area (Å²) in [5.41, 5.74) is 3.90. The van der Waals surface area contributed by atoms with Crippen LogP contribution in [0.4, 0.5) is 16.2 Å². The molecule has 0 radical (unpaired) electrons. The van der Waals surface area contributed by atoms with E-state index in [1.807, 2.05) is 38.1 Å². The molecule has 3 N–H and O–H groups in total. The van der Waals surface area contributed by atoms with Crippen molar-refractivity contribution in [3.8, 4) is 0 Å². The molecule has 114 valence electrons. The van der Waals surface area contributed by atoms with E-state index in [0.717, 1.165) is 16.8 Å². The van der Waals surface area contributed by atoms with E-state index in [9.17, 15) is 9.59 Å². The van der Waals surface area contributed by atoms with Gasteiger partial charge in [0, 0.05) is 11.4 Å². The van der Waals surface area contributed by atoms with Crippen LogP contribution in [-0.4, -0.2) is 17.1 Å². The van der Waals surface area contributed by atoms with E-state index >= 15 is 0 Å². The van der Waals surface area contributed by atoms with Crippen molar-refractivity contribution >= 4 is 23.4 Å². The van der Waals surface area contributed by atoms with Gasteiger partial charge in [-0.15, -0.1) is 0 Å². The van der Waals surface area contributed by atoms with E-state index in [0.29, 0.717) is 11.3 Å². The van der Waals surface area contributed by atoms with Crippen LogP contribution >= 0.6 is 0 Å². The van der Waals surface area contributed by atoms with Gasteiger partial charge >= 0.3 is 12.0 Å². The first-order valence-electron chi connectivity index (χ1n) is 6.90. The Morgan fingerprint density at radius 1 is 0.955 bits per heavy atom. The average Bonchev–Trinajstić information content (AvgIpc) is 2.44. The second-order valence-electron chi connectivity index (χ2n) is 5.11. The highest BCUT2D eigenvalue weighted by Gasteiger charge is 2.08. The molecule has 2 aromatic carbocycles. The smallest absolute Gasteiger partial charge is 0.323 e. The van der Waals surface area contributed by atoms with Crippen LogP contribution in [0.25, 0.3) is 0 Å². The normalized spacial score (nSPS) is 10.1. The number of aliphatic carboxylic acids is 1. The van der Waals surface area contributed by atoms with Gasteiger partial charge < -0.3 is 15.7 Å². The van der Waals surface area contributed by atoms with Crippen molar-refractivity contribution in [2.24, 2.45) is 0 Å². The second kappa shape index (κ2) is 6.76. The first kappa shape index (κ1) is 15.6. The lowest BCUT2D eigenvalue weighted by Gasteiger charge is -2.12. The fourth-order valence-electron chi connectivity index (χ4n) is 2.14. The summed E-state index contributed by atoms with van der Waals surface area (Å²) < 4.78 is 0. The van der Waals surface area contributed by atoms with Crippen LogP contribution in [0.15, 0.2) is 42.5 Å². The minimum Gasteiger partial charge on any atom is -0.481 e. The number of carbonyl (C=O) groups excluding carboxylic acids is 1. The van der Waals surface area contributed by atoms with Gasteiger partial charge in [-0.2, -0.15) is 0 Å². The van der Waals surface area contributed by atoms with Gasteiger partial charge in [-0.25, -0.2) is 4.79 Å². The standard InChI is InChI=1S/C17H18N2O3/c1-11-5-3-4-6-14(11)18-17(22)19-15-8-7-13(9-12(15)2)10-16(20)21/h3-9H,10H2,1-2H3,(H,20,21)(H2,18,19,22). The molecule has 0 aliphatic rings. The Balaban J connectivity index is 2.05. The number of carbonyl (C=O) groups is 2. The van der Waals surface area contributed by atoms with Gasteiger partial charge in [0.1, 0.15) is 0 Å². The van der Waals surface area contributed by atoms with Crippen LogP contribution in [-0.2, 0) is 11.2 Å². The van der Waals surface area contributed by atoms with Crippen molar-refractivity contribution in [2.75, 3.05) is 10.6 Å². The molecule has 2 amide bonds. The number of para-hydroxylation sites is 1. The van der Waals surface area contributed by atoms with Crippen LogP contribution in [0.2, 0.25) is 0 Å². The molecular formula is C17H18N2O3. The maximum absolute atomic E-state index is 12.0. The Morgan fingerprint density at radius 3 is 2.18 bits per heavy atom. The second-order valence-corrected chi connectivity index (χ2v) is 5.11. The van der Waals surface area contributed by atoms with E-state index in [-0.39, 0.29) is 12.5 Å². The number of aryl methyl sites for hydroxylation is 2. The molecule has 2 rings (SSSR count). The van der Waals surface area contributed by atoms with Crippen molar-refractivity contribution < 1.29 is 14.7 Å². The molecule has 0 heterocycles. The van der Waals surface area contributed by atoms with E-state index in [4.69, 9.17) is 5.11 Å². The molecule has 0 unspecified atom stereocenters. The topological polar surface area (TPSA) is 78.4 Å². The molecule has 0 aliphatic carbocycles. The summed E-state index contributed by atoms with van der Waals surface area (Å²) in [5, 5.41) is 14.3. The molecular weight excluding hydrogens is 280 g/mol. The van der Waals surface area contributed by atoms with Crippen LogP contribution in [0.5, 0.6) is 0 Å². The predicted octanol–water partition coefficient (Wildman–Crippen LogP) is 3.57. The molecule has 0 saturated carbocycles. The zero-order valence-corrected chi connectivity index (χ0v) is 12.5. The van der Waals surface area contributed by atoms with Gasteiger partial charge in [0.2, 0.25) is 0 Å². The molecule has 0 aromatic heterocycles. The molecule has 2 aromatic rings. The number of rotatable bonds is 4. The summed E-state index contributed by atoms with van der Waals surface area (Å²) in [6.45, 7) is 3.75. The lowest BCUT2D eigenvalue weighted by Crippen LogP contribution is -2.20. The Bertz CT molecular complexity index is 711. The third kappa shape index (κ3) is 4.09. The van der Waals surface area contributed by atoms with Gasteiger partial charge in [0.15, 0.2) is 0 Å². The number of amides is 2. The maximum Gasteiger partial charge on any atom is 0.323 e. The molecule has 22 heavy (non-hydrogen) atoms. The summed E-state index contributed by atoms with van der Waals surface area (Å²) in [6, 6.07) is 12.4. The number of anilines is 2. The fourth-order valence-corrected chi connectivity index (χ4v) is 2.14. The van der Waals surface area contributed by atoms with Gasteiger partial charge in [-0.1, -0.05) is 30.3 Å². The Hall–Kier alpha value is -2.82. The van der Waals surface area contributed by atoms with Gasteiger partial charge in [0.05, 0.1) is 6.42 Å². The van der Waals surface area contributed by atoms with Gasteiger partial charge in [-0.3, -0.25) is 4.79 Å². The monoisotopic (exact) mass is 298 g/mol. The van der Waals surface area contributed by atoms with Crippen molar-refractivity contribution in [2.45, 2.75) is 20.3 Å². The molecule has 0 bridgehead atoms. The number of hydrogen-bond donors (Lipinski definition) is 3. The maximum atomic E-state index is 12.0. The molecule has 0 saturated heterocycles. The lowest BCUT2D eigenvalue weighted by atomic mass is 10.1. The zero-order valence-electron chi connectivity index (χ0n) is 12.5. The fraction of sp³-hybridized carbons (Fsp3) is 0.176. The van der Waals surface area contributed by atoms with E-state index in [1.54, 1.807) is 18.2 Å². The summed E-state index contributed by atoms with van der Waals surface area (Å²) in [6.07, 6.45) is -0.0312. The van der Waals surface area contributed by atoms with Crippen molar-refractivity contribution in [3.63, 3.8) is 0 Å². The molecule has 0 atom stereocenters. The minimum atomic E-state index is -0.877.